The number of amides is 1. The van der Waals surface area contributed by atoms with E-state index in [1.54, 1.807) is 18.2 Å². The zero-order chi connectivity index (χ0) is 27.0. The number of hydrogen-bond acceptors (Lipinski definition) is 9. The molecule has 0 saturated carbocycles. The first-order valence-corrected chi connectivity index (χ1v) is 12.1. The maximum absolute atomic E-state index is 13.5. The Bertz CT molecular complexity index is 1410. The van der Waals surface area contributed by atoms with E-state index in [0.29, 0.717) is 11.3 Å². The number of nitro benzene ring substituents is 1. The summed E-state index contributed by atoms with van der Waals surface area (Å²) in [6.45, 7) is -0.630. The third-order valence-corrected chi connectivity index (χ3v) is 6.86. The molecular formula is C24H24N4O8S. The first kappa shape index (κ1) is 26.9. The summed E-state index contributed by atoms with van der Waals surface area (Å²) in [6, 6.07) is 16.2. The average molecular weight is 529 g/mol. The third kappa shape index (κ3) is 6.32. The molecule has 3 rings (SSSR count). The fourth-order valence-corrected chi connectivity index (χ4v) is 4.72. The molecule has 0 fully saturated rings. The second-order valence-corrected chi connectivity index (χ2v) is 9.20. The number of carbonyl (C=O) groups is 1. The number of anilines is 1. The van der Waals surface area contributed by atoms with E-state index in [1.165, 1.54) is 76.1 Å². The van der Waals surface area contributed by atoms with Gasteiger partial charge < -0.3 is 14.2 Å². The molecule has 0 atom stereocenters. The smallest absolute Gasteiger partial charge is 0.311 e. The van der Waals surface area contributed by atoms with E-state index in [0.717, 1.165) is 4.31 Å². The lowest BCUT2D eigenvalue weighted by molar-refractivity contribution is -0.385. The van der Waals surface area contributed by atoms with Crippen LogP contribution in [0.4, 0.5) is 11.4 Å². The fraction of sp³-hybridized carbons (Fsp3) is 0.167. The molecule has 0 unspecified atom stereocenters. The van der Waals surface area contributed by atoms with Crippen molar-refractivity contribution in [2.45, 2.75) is 4.90 Å². The molecule has 0 aliphatic heterocycles. The van der Waals surface area contributed by atoms with Crippen LogP contribution in [0.3, 0.4) is 0 Å². The Morgan fingerprint density at radius 1 is 1.00 bits per heavy atom. The number of hydrogen-bond donors (Lipinski definition) is 1. The number of carbonyl (C=O) groups excluding carboxylic acids is 1. The molecule has 3 aromatic rings. The lowest BCUT2D eigenvalue weighted by Crippen LogP contribution is -2.39. The van der Waals surface area contributed by atoms with Crippen LogP contribution in [-0.4, -0.2) is 53.3 Å². The van der Waals surface area contributed by atoms with Gasteiger partial charge in [-0.1, -0.05) is 12.1 Å². The number of nitrogens with one attached hydrogen (secondary N) is 1. The molecule has 0 saturated heterocycles. The summed E-state index contributed by atoms with van der Waals surface area (Å²) in [4.78, 5) is 23.3. The lowest BCUT2D eigenvalue weighted by Gasteiger charge is -2.25. The van der Waals surface area contributed by atoms with Crippen LogP contribution in [0.5, 0.6) is 17.2 Å². The SMILES string of the molecule is COc1ccc(S(=O)(=O)N(CC(=O)N/N=C\c2ccc(OC)c([N+](=O)[O-])c2)c2ccccc2OC)cc1. The normalized spacial score (nSPS) is 11.1. The molecule has 37 heavy (non-hydrogen) atoms. The van der Waals surface area contributed by atoms with Gasteiger partial charge in [0.2, 0.25) is 0 Å². The average Bonchev–Trinajstić information content (AvgIpc) is 2.91. The molecule has 0 spiro atoms. The standard InChI is InChI=1S/C24H24N4O8S/c1-34-18-9-11-19(12-10-18)37(32,33)27(20-6-4-5-7-22(20)35-2)16-24(29)26-25-15-17-8-13-23(36-3)21(14-17)28(30)31/h4-15H,16H2,1-3H3,(H,26,29)/b25-15-. The Balaban J connectivity index is 1.87. The summed E-state index contributed by atoms with van der Waals surface area (Å²) in [6.07, 6.45) is 1.19. The molecule has 0 heterocycles. The van der Waals surface area contributed by atoms with Crippen LogP contribution in [0, 0.1) is 10.1 Å². The molecule has 13 heteroatoms. The highest BCUT2D eigenvalue weighted by atomic mass is 32.2. The zero-order valence-corrected chi connectivity index (χ0v) is 21.0. The van der Waals surface area contributed by atoms with Gasteiger partial charge in [-0.05, 0) is 48.5 Å². The van der Waals surface area contributed by atoms with Gasteiger partial charge in [0.1, 0.15) is 18.0 Å². The van der Waals surface area contributed by atoms with Crippen LogP contribution in [0.1, 0.15) is 5.56 Å². The van der Waals surface area contributed by atoms with Gasteiger partial charge in [-0.25, -0.2) is 13.8 Å². The first-order valence-electron chi connectivity index (χ1n) is 10.7. The quantitative estimate of drug-likeness (QED) is 0.227. The number of rotatable bonds is 11. The maximum atomic E-state index is 13.5. The van der Waals surface area contributed by atoms with Crippen molar-refractivity contribution in [1.82, 2.24) is 5.43 Å². The summed E-state index contributed by atoms with van der Waals surface area (Å²) in [5.74, 6) is 0.0136. The van der Waals surface area contributed by atoms with Gasteiger partial charge >= 0.3 is 5.69 Å². The molecule has 194 valence electrons. The van der Waals surface area contributed by atoms with Crippen molar-refractivity contribution in [3.63, 3.8) is 0 Å². The van der Waals surface area contributed by atoms with Crippen LogP contribution >= 0.6 is 0 Å². The van der Waals surface area contributed by atoms with E-state index in [9.17, 15) is 23.3 Å². The molecule has 3 aromatic carbocycles. The first-order chi connectivity index (χ1) is 17.7. The highest BCUT2D eigenvalue weighted by molar-refractivity contribution is 7.92. The number of nitrogens with zero attached hydrogens (tertiary/aromatic N) is 3. The maximum Gasteiger partial charge on any atom is 0.311 e. The minimum atomic E-state index is -4.21. The molecule has 1 N–H and O–H groups in total. The molecule has 12 nitrogen and oxygen atoms in total. The van der Waals surface area contributed by atoms with E-state index in [2.05, 4.69) is 10.5 Å². The van der Waals surface area contributed by atoms with Crippen molar-refractivity contribution in [2.24, 2.45) is 5.10 Å². The van der Waals surface area contributed by atoms with Crippen molar-refractivity contribution >= 4 is 33.5 Å². The molecule has 1 amide bonds. The zero-order valence-electron chi connectivity index (χ0n) is 20.2. The van der Waals surface area contributed by atoms with Crippen LogP contribution in [0.25, 0.3) is 0 Å². The molecule has 0 aromatic heterocycles. The van der Waals surface area contributed by atoms with E-state index < -0.39 is 27.4 Å². The number of methoxy groups -OCH3 is 3. The number of ether oxygens (including phenoxy) is 3. The van der Waals surface area contributed by atoms with E-state index in [-0.39, 0.29) is 27.8 Å². The summed E-state index contributed by atoms with van der Waals surface area (Å²) < 4.78 is 43.3. The predicted molar refractivity (Wildman–Crippen MR) is 136 cm³/mol. The minimum absolute atomic E-state index is 0.0685. The van der Waals surface area contributed by atoms with Crippen molar-refractivity contribution in [2.75, 3.05) is 32.2 Å². The topological polar surface area (TPSA) is 150 Å². The molecule has 0 aliphatic rings. The Labute approximate surface area is 213 Å². The van der Waals surface area contributed by atoms with Crippen molar-refractivity contribution in [3.05, 3.63) is 82.4 Å². The molecule has 0 bridgehead atoms. The second kappa shape index (κ2) is 11.9. The Hall–Kier alpha value is -4.65. The van der Waals surface area contributed by atoms with Crippen LogP contribution in [-0.2, 0) is 14.8 Å². The van der Waals surface area contributed by atoms with E-state index in [4.69, 9.17) is 14.2 Å². The molecular weight excluding hydrogens is 504 g/mol. The highest BCUT2D eigenvalue weighted by Crippen LogP contribution is 2.32. The summed E-state index contributed by atoms with van der Waals surface area (Å²) in [5, 5.41) is 15.0. The monoisotopic (exact) mass is 528 g/mol. The fourth-order valence-electron chi connectivity index (χ4n) is 3.28. The van der Waals surface area contributed by atoms with Gasteiger partial charge in [0, 0.05) is 11.6 Å². The number of nitro groups is 1. The van der Waals surface area contributed by atoms with Crippen molar-refractivity contribution < 1.29 is 32.3 Å². The van der Waals surface area contributed by atoms with Gasteiger partial charge in [0.25, 0.3) is 15.9 Å². The van der Waals surface area contributed by atoms with Gasteiger partial charge in [0.15, 0.2) is 5.75 Å². The molecule has 0 radical (unpaired) electrons. The number of para-hydroxylation sites is 2. The summed E-state index contributed by atoms with van der Waals surface area (Å²) >= 11 is 0. The predicted octanol–water partition coefficient (Wildman–Crippen LogP) is 2.97. The number of benzene rings is 3. The summed E-state index contributed by atoms with van der Waals surface area (Å²) in [5.41, 5.74) is 2.44. The Kier molecular flexibility index (Phi) is 8.64. The number of hydrazone groups is 1. The van der Waals surface area contributed by atoms with Crippen molar-refractivity contribution in [1.29, 1.82) is 0 Å². The second-order valence-electron chi connectivity index (χ2n) is 7.34. The third-order valence-electron chi connectivity index (χ3n) is 5.09. The Morgan fingerprint density at radius 2 is 1.68 bits per heavy atom. The van der Waals surface area contributed by atoms with Gasteiger partial charge in [-0.15, -0.1) is 0 Å². The van der Waals surface area contributed by atoms with Gasteiger partial charge in [0.05, 0.1) is 43.1 Å². The van der Waals surface area contributed by atoms with Crippen molar-refractivity contribution in [3.8, 4) is 17.2 Å². The van der Waals surface area contributed by atoms with Gasteiger partial charge in [-0.3, -0.25) is 19.2 Å². The Morgan fingerprint density at radius 3 is 2.30 bits per heavy atom. The lowest BCUT2D eigenvalue weighted by atomic mass is 10.2. The number of sulfonamides is 1. The van der Waals surface area contributed by atoms with Gasteiger partial charge in [-0.2, -0.15) is 5.10 Å². The van der Waals surface area contributed by atoms with E-state index in [1.807, 2.05) is 0 Å². The molecule has 0 aliphatic carbocycles. The summed E-state index contributed by atoms with van der Waals surface area (Å²) in [7, 11) is -0.0589. The van der Waals surface area contributed by atoms with Crippen LogP contribution in [0.2, 0.25) is 0 Å². The van der Waals surface area contributed by atoms with Crippen LogP contribution in [0.15, 0.2) is 76.7 Å². The largest absolute Gasteiger partial charge is 0.497 e. The minimum Gasteiger partial charge on any atom is -0.497 e. The van der Waals surface area contributed by atoms with E-state index >= 15 is 0 Å². The highest BCUT2D eigenvalue weighted by Gasteiger charge is 2.29. The van der Waals surface area contributed by atoms with Crippen LogP contribution < -0.4 is 23.9 Å².